The Bertz CT molecular complexity index is 223. The normalized spacial score (nSPS) is 26.5. The molecule has 1 unspecified atom stereocenters. The van der Waals surface area contributed by atoms with Crippen molar-refractivity contribution in [3.8, 4) is 0 Å². The van der Waals surface area contributed by atoms with Crippen LogP contribution < -0.4 is 11.1 Å². The number of hydrogen-bond donors (Lipinski definition) is 2. The Morgan fingerprint density at radius 1 is 1.41 bits per heavy atom. The predicted molar refractivity (Wildman–Crippen MR) is 75.2 cm³/mol. The first-order chi connectivity index (χ1) is 8.19. The van der Waals surface area contributed by atoms with Crippen LogP contribution in [0.15, 0.2) is 0 Å². The molecule has 4 heteroatoms. The molecule has 0 saturated heterocycles. The first-order valence-electron chi connectivity index (χ1n) is 6.71. The number of amides is 1. The van der Waals surface area contributed by atoms with E-state index in [2.05, 4.69) is 18.5 Å². The number of thioether (sulfide) groups is 1. The summed E-state index contributed by atoms with van der Waals surface area (Å²) in [7, 11) is 0. The zero-order valence-electron chi connectivity index (χ0n) is 11.1. The summed E-state index contributed by atoms with van der Waals surface area (Å²) in [5, 5.41) is 3.96. The lowest BCUT2D eigenvalue weighted by Crippen LogP contribution is -2.39. The molecule has 0 aromatic heterocycles. The van der Waals surface area contributed by atoms with Crippen LogP contribution in [0.2, 0.25) is 0 Å². The van der Waals surface area contributed by atoms with Crippen LogP contribution in [0.1, 0.15) is 45.4 Å². The first kappa shape index (κ1) is 14.8. The average Bonchev–Trinajstić information content (AvgIpc) is 2.37. The largest absolute Gasteiger partial charge is 0.353 e. The highest BCUT2D eigenvalue weighted by Gasteiger charge is 2.22. The van der Waals surface area contributed by atoms with Gasteiger partial charge in [0.05, 0.1) is 0 Å². The number of carbonyl (C=O) groups is 1. The van der Waals surface area contributed by atoms with Crippen molar-refractivity contribution in [2.75, 3.05) is 12.8 Å². The minimum absolute atomic E-state index is 0.190. The van der Waals surface area contributed by atoms with E-state index in [0.717, 1.165) is 24.5 Å². The van der Waals surface area contributed by atoms with Crippen molar-refractivity contribution in [2.24, 2.45) is 11.7 Å². The maximum atomic E-state index is 11.8. The third kappa shape index (κ3) is 5.30. The monoisotopic (exact) mass is 258 g/mol. The maximum Gasteiger partial charge on any atom is 0.220 e. The Morgan fingerprint density at radius 3 is 2.53 bits per heavy atom. The lowest BCUT2D eigenvalue weighted by molar-refractivity contribution is -0.122. The highest BCUT2D eigenvalue weighted by molar-refractivity contribution is 7.99. The molecule has 3 nitrogen and oxygen atoms in total. The second-order valence-electron chi connectivity index (χ2n) is 4.99. The molecule has 100 valence electrons. The average molecular weight is 258 g/mol. The van der Waals surface area contributed by atoms with Gasteiger partial charge in [0.25, 0.3) is 0 Å². The van der Waals surface area contributed by atoms with Gasteiger partial charge in [0.15, 0.2) is 0 Å². The summed E-state index contributed by atoms with van der Waals surface area (Å²) < 4.78 is 0. The fourth-order valence-corrected chi connectivity index (χ4v) is 3.13. The highest BCUT2D eigenvalue weighted by atomic mass is 32.2. The van der Waals surface area contributed by atoms with Crippen molar-refractivity contribution in [2.45, 2.75) is 56.7 Å². The van der Waals surface area contributed by atoms with Gasteiger partial charge in [-0.2, -0.15) is 11.8 Å². The summed E-state index contributed by atoms with van der Waals surface area (Å²) in [6.45, 7) is 2.71. The first-order valence-corrected chi connectivity index (χ1v) is 8.00. The van der Waals surface area contributed by atoms with Crippen LogP contribution in [-0.2, 0) is 4.79 Å². The zero-order chi connectivity index (χ0) is 12.7. The molecule has 0 radical (unpaired) electrons. The van der Waals surface area contributed by atoms with Crippen LogP contribution >= 0.6 is 11.8 Å². The summed E-state index contributed by atoms with van der Waals surface area (Å²) >= 11 is 1.96. The molecular weight excluding hydrogens is 232 g/mol. The van der Waals surface area contributed by atoms with Gasteiger partial charge in [-0.1, -0.05) is 13.3 Å². The Labute approximate surface area is 109 Å². The summed E-state index contributed by atoms with van der Waals surface area (Å²) in [6, 6.07) is 0.404. The van der Waals surface area contributed by atoms with Gasteiger partial charge in [0, 0.05) is 17.7 Å². The minimum atomic E-state index is 0.190. The van der Waals surface area contributed by atoms with Gasteiger partial charge < -0.3 is 11.1 Å². The van der Waals surface area contributed by atoms with Gasteiger partial charge in [0.2, 0.25) is 5.91 Å². The van der Waals surface area contributed by atoms with E-state index in [-0.39, 0.29) is 5.91 Å². The molecule has 17 heavy (non-hydrogen) atoms. The Kier molecular flexibility index (Phi) is 6.97. The lowest BCUT2D eigenvalue weighted by atomic mass is 9.94. The molecule has 0 heterocycles. The molecule has 1 aliphatic rings. The SMILES string of the molecule is CCC(CN)CC(=O)NC1CCC(SC)CC1. The van der Waals surface area contributed by atoms with Crippen molar-refractivity contribution in [3.63, 3.8) is 0 Å². The number of nitrogens with one attached hydrogen (secondary N) is 1. The van der Waals surface area contributed by atoms with Crippen molar-refractivity contribution < 1.29 is 4.79 Å². The van der Waals surface area contributed by atoms with Gasteiger partial charge in [-0.25, -0.2) is 0 Å². The van der Waals surface area contributed by atoms with Crippen molar-refractivity contribution >= 4 is 17.7 Å². The van der Waals surface area contributed by atoms with Crippen LogP contribution in [0.25, 0.3) is 0 Å². The molecule has 3 N–H and O–H groups in total. The predicted octanol–water partition coefficient (Wildman–Crippen LogP) is 2.15. The van der Waals surface area contributed by atoms with Gasteiger partial charge in [0.1, 0.15) is 0 Å². The minimum Gasteiger partial charge on any atom is -0.353 e. The van der Waals surface area contributed by atoms with Crippen LogP contribution in [0.3, 0.4) is 0 Å². The van der Waals surface area contributed by atoms with E-state index in [1.807, 2.05) is 11.8 Å². The van der Waals surface area contributed by atoms with E-state index in [4.69, 9.17) is 5.73 Å². The topological polar surface area (TPSA) is 55.1 Å². The molecule has 0 bridgehead atoms. The molecule has 0 aromatic rings. The molecule has 0 aliphatic heterocycles. The molecule has 1 rings (SSSR count). The van der Waals surface area contributed by atoms with Gasteiger partial charge in [-0.15, -0.1) is 0 Å². The number of rotatable bonds is 6. The van der Waals surface area contributed by atoms with Crippen LogP contribution in [0.5, 0.6) is 0 Å². The zero-order valence-corrected chi connectivity index (χ0v) is 11.9. The molecular formula is C13H26N2OS. The van der Waals surface area contributed by atoms with Crippen LogP contribution in [0, 0.1) is 5.92 Å². The number of carbonyl (C=O) groups excluding carboxylic acids is 1. The fraction of sp³-hybridized carbons (Fsp3) is 0.923. The highest BCUT2D eigenvalue weighted by Crippen LogP contribution is 2.26. The Balaban J connectivity index is 2.23. The van der Waals surface area contributed by atoms with Crippen LogP contribution in [0.4, 0.5) is 0 Å². The molecule has 1 atom stereocenters. The standard InChI is InChI=1S/C13H26N2OS/c1-3-10(9-14)8-13(16)15-11-4-6-12(17-2)7-5-11/h10-12H,3-9,14H2,1-2H3,(H,15,16). The molecule has 0 spiro atoms. The second-order valence-corrected chi connectivity index (χ2v) is 6.13. The molecule has 1 saturated carbocycles. The summed E-state index contributed by atoms with van der Waals surface area (Å²) in [4.78, 5) is 11.8. The smallest absolute Gasteiger partial charge is 0.220 e. The summed E-state index contributed by atoms with van der Waals surface area (Å²) in [6.07, 6.45) is 8.50. The van der Waals surface area contributed by atoms with Crippen molar-refractivity contribution in [1.82, 2.24) is 5.32 Å². The van der Waals surface area contributed by atoms with E-state index in [0.29, 0.717) is 24.9 Å². The van der Waals surface area contributed by atoms with Crippen molar-refractivity contribution in [1.29, 1.82) is 0 Å². The number of hydrogen-bond acceptors (Lipinski definition) is 3. The van der Waals surface area contributed by atoms with Gasteiger partial charge in [-0.3, -0.25) is 4.79 Å². The van der Waals surface area contributed by atoms with E-state index in [1.54, 1.807) is 0 Å². The van der Waals surface area contributed by atoms with Crippen LogP contribution in [-0.4, -0.2) is 30.0 Å². The fourth-order valence-electron chi connectivity index (χ4n) is 2.39. The molecule has 1 amide bonds. The Hall–Kier alpha value is -0.220. The Morgan fingerprint density at radius 2 is 2.06 bits per heavy atom. The maximum absolute atomic E-state index is 11.8. The molecule has 1 aliphatic carbocycles. The van der Waals surface area contributed by atoms with Gasteiger partial charge >= 0.3 is 0 Å². The second kappa shape index (κ2) is 7.98. The van der Waals surface area contributed by atoms with Crippen molar-refractivity contribution in [3.05, 3.63) is 0 Å². The quantitative estimate of drug-likeness (QED) is 0.767. The molecule has 0 aromatic carbocycles. The lowest BCUT2D eigenvalue weighted by Gasteiger charge is -2.28. The van der Waals surface area contributed by atoms with E-state index < -0.39 is 0 Å². The third-order valence-corrected chi connectivity index (χ3v) is 4.90. The van der Waals surface area contributed by atoms with E-state index in [9.17, 15) is 4.79 Å². The number of nitrogens with two attached hydrogens (primary N) is 1. The summed E-state index contributed by atoms with van der Waals surface area (Å²) in [5.41, 5.74) is 5.62. The van der Waals surface area contributed by atoms with E-state index in [1.165, 1.54) is 12.8 Å². The van der Waals surface area contributed by atoms with Gasteiger partial charge in [-0.05, 0) is 44.4 Å². The molecule has 1 fully saturated rings. The third-order valence-electron chi connectivity index (χ3n) is 3.76. The summed E-state index contributed by atoms with van der Waals surface area (Å²) in [5.74, 6) is 0.535. The van der Waals surface area contributed by atoms with E-state index >= 15 is 0 Å².